The number of benzene rings is 2. The van der Waals surface area contributed by atoms with Crippen molar-refractivity contribution in [2.24, 2.45) is 0 Å². The van der Waals surface area contributed by atoms with Gasteiger partial charge in [-0.25, -0.2) is 0 Å². The van der Waals surface area contributed by atoms with Crippen molar-refractivity contribution in [1.29, 1.82) is 0 Å². The van der Waals surface area contributed by atoms with Crippen LogP contribution in [0, 0.1) is 10.1 Å². The van der Waals surface area contributed by atoms with Crippen LogP contribution >= 0.6 is 23.2 Å². The smallest absolute Gasteiger partial charge is 0.269 e. The molecule has 2 aromatic rings. The minimum absolute atomic E-state index is 0.0161. The summed E-state index contributed by atoms with van der Waals surface area (Å²) in [6.45, 7) is 0. The van der Waals surface area contributed by atoms with Gasteiger partial charge in [0.2, 0.25) is 5.91 Å². The Morgan fingerprint density at radius 1 is 0.966 bits per heavy atom. The molecule has 0 saturated heterocycles. The Balaban J connectivity index is 1.77. The zero-order valence-corrected chi connectivity index (χ0v) is 16.7. The van der Waals surface area contributed by atoms with Gasteiger partial charge in [-0.1, -0.05) is 41.4 Å². The topological polar surface area (TPSA) is 89.3 Å². The van der Waals surface area contributed by atoms with Gasteiger partial charge in [0.1, 0.15) is 0 Å². The van der Waals surface area contributed by atoms with Crippen LogP contribution in [0.1, 0.15) is 42.2 Å². The number of hydrogen-bond acceptors (Lipinski definition) is 4. The molecule has 1 amide bonds. The van der Waals surface area contributed by atoms with Crippen LogP contribution in [-0.2, 0) is 9.59 Å². The van der Waals surface area contributed by atoms with Crippen molar-refractivity contribution < 1.29 is 14.5 Å². The predicted molar refractivity (Wildman–Crippen MR) is 109 cm³/mol. The second-order valence-corrected chi connectivity index (χ2v) is 8.02. The summed E-state index contributed by atoms with van der Waals surface area (Å²) in [6.07, 6.45) is 0.725. The normalized spacial score (nSPS) is 21.6. The Morgan fingerprint density at radius 3 is 2.41 bits per heavy atom. The van der Waals surface area contributed by atoms with Crippen molar-refractivity contribution in [2.45, 2.75) is 31.1 Å². The van der Waals surface area contributed by atoms with E-state index in [4.69, 9.17) is 23.2 Å². The molecule has 0 radical (unpaired) electrons. The van der Waals surface area contributed by atoms with Gasteiger partial charge in [-0.2, -0.15) is 0 Å². The van der Waals surface area contributed by atoms with E-state index in [2.05, 4.69) is 5.32 Å². The number of hydrogen-bond donors (Lipinski definition) is 1. The molecule has 0 fully saturated rings. The summed E-state index contributed by atoms with van der Waals surface area (Å²) in [5.74, 6) is -1.10. The van der Waals surface area contributed by atoms with Gasteiger partial charge in [0.15, 0.2) is 5.78 Å². The zero-order chi connectivity index (χ0) is 20.7. The maximum Gasteiger partial charge on any atom is 0.269 e. The lowest BCUT2D eigenvalue weighted by Gasteiger charge is -2.34. The minimum atomic E-state index is -0.606. The van der Waals surface area contributed by atoms with Crippen molar-refractivity contribution in [2.75, 3.05) is 0 Å². The van der Waals surface area contributed by atoms with E-state index in [0.29, 0.717) is 33.3 Å². The van der Waals surface area contributed by atoms with E-state index in [1.807, 2.05) is 18.2 Å². The molecule has 1 aliphatic carbocycles. The number of amides is 1. The SMILES string of the molecule is O=C1C[C@H](c2cc([N+](=O)[O-])ccc2Cl)C2=C(C[C@H](c3ccccc3Cl)CC2=O)N1. The minimum Gasteiger partial charge on any atom is -0.329 e. The number of nitrogens with one attached hydrogen (secondary N) is 1. The highest BCUT2D eigenvalue weighted by molar-refractivity contribution is 6.32. The predicted octanol–water partition coefficient (Wildman–Crippen LogP) is 4.91. The molecule has 1 N–H and O–H groups in total. The molecular formula is C21H16Cl2N2O4. The number of rotatable bonds is 3. The molecule has 0 unspecified atom stereocenters. The van der Waals surface area contributed by atoms with Crippen molar-refractivity contribution in [1.82, 2.24) is 5.32 Å². The number of Topliss-reactive ketones (excluding diaryl/α,β-unsaturated/α-hetero) is 1. The van der Waals surface area contributed by atoms with Crippen molar-refractivity contribution in [3.05, 3.63) is 85.0 Å². The molecule has 2 aliphatic rings. The summed E-state index contributed by atoms with van der Waals surface area (Å²) >= 11 is 12.6. The van der Waals surface area contributed by atoms with Crippen LogP contribution in [0.15, 0.2) is 53.7 Å². The lowest BCUT2D eigenvalue weighted by molar-refractivity contribution is -0.384. The fourth-order valence-electron chi connectivity index (χ4n) is 4.16. The Hall–Kier alpha value is -2.70. The summed E-state index contributed by atoms with van der Waals surface area (Å²) in [5.41, 5.74) is 2.19. The van der Waals surface area contributed by atoms with Crippen LogP contribution in [-0.4, -0.2) is 16.6 Å². The first-order valence-corrected chi connectivity index (χ1v) is 9.85. The largest absolute Gasteiger partial charge is 0.329 e. The molecule has 1 heterocycles. The quantitative estimate of drug-likeness (QED) is 0.553. The van der Waals surface area contributed by atoms with Gasteiger partial charge < -0.3 is 5.32 Å². The molecule has 0 saturated carbocycles. The number of allylic oxidation sites excluding steroid dienone is 2. The maximum absolute atomic E-state index is 13.1. The Morgan fingerprint density at radius 2 is 1.69 bits per heavy atom. The second-order valence-electron chi connectivity index (χ2n) is 7.21. The van der Waals surface area contributed by atoms with Crippen LogP contribution in [0.4, 0.5) is 5.69 Å². The summed E-state index contributed by atoms with van der Waals surface area (Å²) in [4.78, 5) is 36.2. The number of carbonyl (C=O) groups is 2. The number of carbonyl (C=O) groups excluding carboxylic acids is 2. The summed E-state index contributed by atoms with van der Waals surface area (Å²) in [7, 11) is 0. The molecule has 0 aromatic heterocycles. The van der Waals surface area contributed by atoms with E-state index in [1.165, 1.54) is 18.2 Å². The number of ketones is 1. The number of non-ortho nitro benzene ring substituents is 1. The van der Waals surface area contributed by atoms with Gasteiger partial charge in [0.05, 0.1) is 4.92 Å². The first kappa shape index (κ1) is 19.6. The number of nitro groups is 1. The van der Waals surface area contributed by atoms with Crippen molar-refractivity contribution in [3.8, 4) is 0 Å². The van der Waals surface area contributed by atoms with E-state index in [1.54, 1.807) is 6.07 Å². The molecule has 6 nitrogen and oxygen atoms in total. The first-order valence-electron chi connectivity index (χ1n) is 9.09. The highest BCUT2D eigenvalue weighted by Gasteiger charge is 2.39. The van der Waals surface area contributed by atoms with Gasteiger partial charge in [-0.15, -0.1) is 0 Å². The van der Waals surface area contributed by atoms with E-state index < -0.39 is 10.8 Å². The van der Waals surface area contributed by atoms with Crippen LogP contribution < -0.4 is 5.32 Å². The Bertz CT molecular complexity index is 1080. The molecule has 0 bridgehead atoms. The summed E-state index contributed by atoms with van der Waals surface area (Å²) in [5, 5.41) is 14.9. The molecule has 148 valence electrons. The summed E-state index contributed by atoms with van der Waals surface area (Å²) in [6, 6.07) is 11.4. The Labute approximate surface area is 176 Å². The fraction of sp³-hybridized carbons (Fsp3) is 0.238. The highest BCUT2D eigenvalue weighted by atomic mass is 35.5. The molecule has 2 atom stereocenters. The van der Waals surface area contributed by atoms with E-state index in [9.17, 15) is 19.7 Å². The molecule has 29 heavy (non-hydrogen) atoms. The van der Waals surface area contributed by atoms with Crippen molar-refractivity contribution in [3.63, 3.8) is 0 Å². The average molecular weight is 431 g/mol. The number of nitro benzene ring substituents is 1. The lowest BCUT2D eigenvalue weighted by atomic mass is 9.73. The van der Waals surface area contributed by atoms with E-state index >= 15 is 0 Å². The molecule has 1 aliphatic heterocycles. The van der Waals surface area contributed by atoms with Crippen LogP contribution in [0.5, 0.6) is 0 Å². The first-order chi connectivity index (χ1) is 13.8. The summed E-state index contributed by atoms with van der Waals surface area (Å²) < 4.78 is 0. The van der Waals surface area contributed by atoms with Crippen LogP contribution in [0.25, 0.3) is 0 Å². The third-order valence-corrected chi connectivity index (χ3v) is 6.14. The number of nitrogens with zero attached hydrogens (tertiary/aromatic N) is 1. The molecule has 0 spiro atoms. The average Bonchev–Trinajstić information content (AvgIpc) is 2.67. The van der Waals surface area contributed by atoms with Crippen molar-refractivity contribution >= 4 is 40.6 Å². The maximum atomic E-state index is 13.1. The molecular weight excluding hydrogens is 415 g/mol. The van der Waals surface area contributed by atoms with Crippen LogP contribution in [0.2, 0.25) is 10.0 Å². The monoisotopic (exact) mass is 430 g/mol. The second kappa shape index (κ2) is 7.61. The third-order valence-electron chi connectivity index (χ3n) is 5.45. The fourth-order valence-corrected chi connectivity index (χ4v) is 4.70. The van der Waals surface area contributed by atoms with Gasteiger partial charge in [-0.05, 0) is 35.6 Å². The van der Waals surface area contributed by atoms with Gasteiger partial charge in [0.25, 0.3) is 5.69 Å². The van der Waals surface area contributed by atoms with Gasteiger partial charge >= 0.3 is 0 Å². The highest BCUT2D eigenvalue weighted by Crippen LogP contribution is 2.45. The van der Waals surface area contributed by atoms with Gasteiger partial charge in [-0.3, -0.25) is 19.7 Å². The number of halogens is 2. The van der Waals surface area contributed by atoms with E-state index in [0.717, 1.165) is 5.56 Å². The standard InChI is InChI=1S/C21H16Cl2N2O4/c22-16-4-2-1-3-13(16)11-7-18-21(19(26)8-11)15(10-20(27)24-18)14-9-12(25(28)29)5-6-17(14)23/h1-6,9,11,15H,7-8,10H2,(H,24,27)/t11-,15+/m0/s1. The third kappa shape index (κ3) is 3.66. The molecule has 4 rings (SSSR count). The lowest BCUT2D eigenvalue weighted by Crippen LogP contribution is -2.38. The molecule has 8 heteroatoms. The zero-order valence-electron chi connectivity index (χ0n) is 15.2. The van der Waals surface area contributed by atoms with Crippen LogP contribution in [0.3, 0.4) is 0 Å². The Kier molecular flexibility index (Phi) is 5.15. The van der Waals surface area contributed by atoms with E-state index in [-0.39, 0.29) is 36.1 Å². The van der Waals surface area contributed by atoms with Gasteiger partial charge in [0, 0.05) is 52.2 Å². The molecule has 2 aromatic carbocycles.